The van der Waals surface area contributed by atoms with E-state index in [9.17, 15) is 8.42 Å². The summed E-state index contributed by atoms with van der Waals surface area (Å²) >= 11 is 0. The van der Waals surface area contributed by atoms with Gasteiger partial charge in [0.25, 0.3) is 0 Å². The molecule has 0 radical (unpaired) electrons. The molecule has 12 heteroatoms. The van der Waals surface area contributed by atoms with E-state index in [1.807, 2.05) is 41.8 Å². The van der Waals surface area contributed by atoms with Gasteiger partial charge in [-0.15, -0.1) is 12.4 Å². The van der Waals surface area contributed by atoms with Crippen LogP contribution in [0.25, 0.3) is 11.0 Å². The number of imidazole rings is 1. The molecular weight excluding hydrogens is 548 g/mol. The van der Waals surface area contributed by atoms with Crippen LogP contribution in [0.3, 0.4) is 0 Å². The highest BCUT2D eigenvalue weighted by atomic mass is 35.5. The van der Waals surface area contributed by atoms with Gasteiger partial charge in [0.05, 0.1) is 15.9 Å². The molecule has 2 heterocycles. The molecule has 0 unspecified atom stereocenters. The fourth-order valence-electron chi connectivity index (χ4n) is 4.28. The molecule has 0 aliphatic rings. The van der Waals surface area contributed by atoms with E-state index in [4.69, 9.17) is 10.1 Å². The van der Waals surface area contributed by atoms with Crippen molar-refractivity contribution < 1.29 is 8.42 Å². The quantitative estimate of drug-likeness (QED) is 0.230. The highest BCUT2D eigenvalue weighted by Crippen LogP contribution is 2.28. The molecule has 5 aromatic rings. The normalized spacial score (nSPS) is 11.2. The van der Waals surface area contributed by atoms with Crippen LogP contribution in [-0.2, 0) is 23.6 Å². The monoisotopic (exact) mass is 578 g/mol. The minimum atomic E-state index is -3.85. The number of hydrogen-bond acceptors (Lipinski definition) is 8. The van der Waals surface area contributed by atoms with E-state index in [-0.39, 0.29) is 17.3 Å². The minimum absolute atomic E-state index is 0. The second kappa shape index (κ2) is 11.5. The Kier molecular flexibility index (Phi) is 8.29. The van der Waals surface area contributed by atoms with Crippen molar-refractivity contribution >= 4 is 62.6 Å². The Bertz CT molecular complexity index is 1770. The Balaban J connectivity index is 0.00000370. The molecule has 0 aliphatic carbocycles. The number of nitrogens with one attached hydrogen (secondary N) is 2. The molecule has 0 atom stereocenters. The fraction of sp³-hybridized carbons (Fsp3) is 0.179. The van der Waals surface area contributed by atoms with Crippen LogP contribution in [0.15, 0.2) is 77.8 Å². The maximum Gasteiger partial charge on any atom is 0.238 e. The number of rotatable bonds is 8. The first-order valence-corrected chi connectivity index (χ1v) is 13.9. The molecule has 0 saturated carbocycles. The molecule has 0 fully saturated rings. The van der Waals surface area contributed by atoms with Crippen LogP contribution in [0.1, 0.15) is 16.7 Å². The summed E-state index contributed by atoms with van der Waals surface area (Å²) in [5.41, 5.74) is 6.27. The molecule has 208 valence electrons. The number of nitrogens with zero attached hydrogens (tertiary/aromatic N) is 5. The van der Waals surface area contributed by atoms with Gasteiger partial charge in [0.1, 0.15) is 5.82 Å². The summed E-state index contributed by atoms with van der Waals surface area (Å²) in [7, 11) is 0.0594. The number of halogens is 1. The van der Waals surface area contributed by atoms with E-state index in [1.165, 1.54) is 17.2 Å². The first-order valence-electron chi connectivity index (χ1n) is 12.3. The van der Waals surface area contributed by atoms with Crippen LogP contribution in [0.4, 0.5) is 29.1 Å². The molecule has 10 nitrogen and oxygen atoms in total. The standard InChI is InChI=1S/C28H30N8O2S.ClH/c1-18-5-8-20(9-6-18)17-31-28-33-23-16-22(11-12-24(23)36(28)4)35(3)26-13-14-30-27(34-26)32-21-10-7-19(2)25(15-21)39(29,37)38;/h5-16H,17H2,1-4H3,(H,31,33)(H2,29,37,38)(H,30,32,34);1H. The molecule has 3 aromatic carbocycles. The van der Waals surface area contributed by atoms with Crippen molar-refractivity contribution in [1.82, 2.24) is 19.5 Å². The largest absolute Gasteiger partial charge is 0.352 e. The fourth-order valence-corrected chi connectivity index (χ4v) is 5.09. The topological polar surface area (TPSA) is 131 Å². The third kappa shape index (κ3) is 6.17. The lowest BCUT2D eigenvalue weighted by Crippen LogP contribution is -2.14. The summed E-state index contributed by atoms with van der Waals surface area (Å²) in [5.74, 6) is 1.76. The number of sulfonamides is 1. The van der Waals surface area contributed by atoms with E-state index in [0.29, 0.717) is 29.6 Å². The third-order valence-electron chi connectivity index (χ3n) is 6.56. The molecule has 40 heavy (non-hydrogen) atoms. The van der Waals surface area contributed by atoms with Gasteiger partial charge in [-0.3, -0.25) is 0 Å². The summed E-state index contributed by atoms with van der Waals surface area (Å²) in [5, 5.41) is 11.8. The zero-order valence-electron chi connectivity index (χ0n) is 22.6. The zero-order valence-corrected chi connectivity index (χ0v) is 24.2. The Morgan fingerprint density at radius 2 is 1.73 bits per heavy atom. The molecule has 2 aromatic heterocycles. The number of hydrogen-bond donors (Lipinski definition) is 3. The second-order valence-corrected chi connectivity index (χ2v) is 11.0. The van der Waals surface area contributed by atoms with Crippen LogP contribution in [-0.4, -0.2) is 35.0 Å². The number of nitrogens with two attached hydrogens (primary N) is 1. The number of benzene rings is 3. The van der Waals surface area contributed by atoms with Gasteiger partial charge >= 0.3 is 0 Å². The van der Waals surface area contributed by atoms with E-state index >= 15 is 0 Å². The molecule has 0 spiro atoms. The van der Waals surface area contributed by atoms with Crippen molar-refractivity contribution in [2.75, 3.05) is 22.6 Å². The molecule has 5 rings (SSSR count). The van der Waals surface area contributed by atoms with Crippen LogP contribution >= 0.6 is 12.4 Å². The van der Waals surface area contributed by atoms with E-state index < -0.39 is 10.0 Å². The van der Waals surface area contributed by atoms with Crippen LogP contribution in [0.2, 0.25) is 0 Å². The Hall–Kier alpha value is -4.19. The van der Waals surface area contributed by atoms with Gasteiger partial charge in [0, 0.05) is 38.2 Å². The van der Waals surface area contributed by atoms with Gasteiger partial charge in [-0.2, -0.15) is 4.98 Å². The lowest BCUT2D eigenvalue weighted by atomic mass is 10.1. The number of anilines is 5. The number of fused-ring (bicyclic) bond motifs is 1. The minimum Gasteiger partial charge on any atom is -0.352 e. The van der Waals surface area contributed by atoms with E-state index in [0.717, 1.165) is 22.7 Å². The molecule has 0 bridgehead atoms. The van der Waals surface area contributed by atoms with Crippen LogP contribution < -0.4 is 20.7 Å². The SMILES string of the molecule is Cc1ccc(CNc2nc3cc(N(C)c4ccnc(Nc5ccc(C)c(S(N)(=O)=O)c5)n4)ccc3n2C)cc1.Cl. The lowest BCUT2D eigenvalue weighted by Gasteiger charge is -2.19. The van der Waals surface area contributed by atoms with E-state index in [1.54, 1.807) is 31.3 Å². The Labute approximate surface area is 239 Å². The molecule has 0 amide bonds. The number of aromatic nitrogens is 4. The summed E-state index contributed by atoms with van der Waals surface area (Å²) < 4.78 is 25.8. The van der Waals surface area contributed by atoms with Gasteiger partial charge in [-0.1, -0.05) is 35.9 Å². The number of primary sulfonamides is 1. The molecule has 4 N–H and O–H groups in total. The highest BCUT2D eigenvalue weighted by molar-refractivity contribution is 7.89. The van der Waals surface area contributed by atoms with Crippen molar-refractivity contribution in [2.24, 2.45) is 12.2 Å². The van der Waals surface area contributed by atoms with Gasteiger partial charge in [-0.05, 0) is 61.4 Å². The van der Waals surface area contributed by atoms with Crippen molar-refractivity contribution in [3.63, 3.8) is 0 Å². The van der Waals surface area contributed by atoms with Gasteiger partial charge in [0.2, 0.25) is 21.9 Å². The van der Waals surface area contributed by atoms with Crippen molar-refractivity contribution in [2.45, 2.75) is 25.3 Å². The predicted molar refractivity (Wildman–Crippen MR) is 162 cm³/mol. The smallest absolute Gasteiger partial charge is 0.238 e. The summed E-state index contributed by atoms with van der Waals surface area (Å²) in [6.07, 6.45) is 1.64. The summed E-state index contributed by atoms with van der Waals surface area (Å²) in [6, 6.07) is 21.2. The maximum atomic E-state index is 11.9. The second-order valence-electron chi connectivity index (χ2n) is 9.45. The average molecular weight is 579 g/mol. The lowest BCUT2D eigenvalue weighted by molar-refractivity contribution is 0.597. The van der Waals surface area contributed by atoms with Crippen molar-refractivity contribution in [3.05, 3.63) is 89.6 Å². The van der Waals surface area contributed by atoms with Crippen molar-refractivity contribution in [1.29, 1.82) is 0 Å². The average Bonchev–Trinajstić information content (AvgIpc) is 3.23. The molecule has 0 aliphatic heterocycles. The van der Waals surface area contributed by atoms with Crippen molar-refractivity contribution in [3.8, 4) is 0 Å². The van der Waals surface area contributed by atoms with Crippen LogP contribution in [0, 0.1) is 13.8 Å². The third-order valence-corrected chi connectivity index (χ3v) is 7.61. The van der Waals surface area contributed by atoms with Gasteiger partial charge in [-0.25, -0.2) is 23.5 Å². The zero-order chi connectivity index (χ0) is 27.7. The summed E-state index contributed by atoms with van der Waals surface area (Å²) in [4.78, 5) is 15.7. The van der Waals surface area contributed by atoms with Gasteiger partial charge < -0.3 is 20.1 Å². The highest BCUT2D eigenvalue weighted by Gasteiger charge is 2.14. The molecular formula is C28H31ClN8O2S. The summed E-state index contributed by atoms with van der Waals surface area (Å²) in [6.45, 7) is 4.45. The van der Waals surface area contributed by atoms with Crippen LogP contribution in [0.5, 0.6) is 0 Å². The first kappa shape index (κ1) is 28.8. The van der Waals surface area contributed by atoms with Gasteiger partial charge in [0.15, 0.2) is 0 Å². The predicted octanol–water partition coefficient (Wildman–Crippen LogP) is 5.17. The Morgan fingerprint density at radius 3 is 2.45 bits per heavy atom. The number of aryl methyl sites for hydroxylation is 3. The van der Waals surface area contributed by atoms with E-state index in [2.05, 4.69) is 51.8 Å². The molecule has 0 saturated heterocycles. The maximum absolute atomic E-state index is 11.9. The Morgan fingerprint density at radius 1 is 0.975 bits per heavy atom. The first-order chi connectivity index (χ1) is 18.6.